The van der Waals surface area contributed by atoms with E-state index in [4.69, 9.17) is 11.0 Å². The second-order valence-electron chi connectivity index (χ2n) is 1.88. The van der Waals surface area contributed by atoms with E-state index in [1.807, 2.05) is 0 Å². The minimum atomic E-state index is -2.66. The Labute approximate surface area is 76.2 Å². The smallest absolute Gasteiger partial charge is 0.0889 e. The first-order chi connectivity index (χ1) is 8.64. The largest absolute Gasteiger partial charge is 0.253 e. The van der Waals surface area contributed by atoms with Crippen LogP contribution in [0.2, 0.25) is 0 Å². The number of hydrogen-bond donors (Lipinski definition) is 0. The van der Waals surface area contributed by atoms with Gasteiger partial charge in [-0.15, -0.1) is 0 Å². The van der Waals surface area contributed by atoms with Crippen LogP contribution in [0.15, 0.2) is 30.3 Å². The molecule has 1 aromatic carbocycles. The number of aromatic nitrogens is 2. The third-order valence-electron chi connectivity index (χ3n) is 1.15. The van der Waals surface area contributed by atoms with Gasteiger partial charge in [0.2, 0.25) is 0 Å². The Balaban J connectivity index is 2.95. The first-order valence-corrected chi connectivity index (χ1v) is 2.89. The highest BCUT2D eigenvalue weighted by Gasteiger charge is 1.92. The van der Waals surface area contributed by atoms with E-state index in [1.54, 1.807) is 0 Å². The predicted molar refractivity (Wildman–Crippen MR) is 44.3 cm³/mol. The van der Waals surface area contributed by atoms with Crippen LogP contribution < -0.4 is 0 Å². The van der Waals surface area contributed by atoms with Crippen molar-refractivity contribution in [3.8, 4) is 0 Å². The van der Waals surface area contributed by atoms with Crippen LogP contribution in [0.1, 0.15) is 16.7 Å². The zero-order valence-corrected chi connectivity index (χ0v) is 5.39. The topological polar surface area (TPSA) is 25.8 Å². The van der Waals surface area contributed by atoms with E-state index < -0.39 is 42.9 Å². The van der Waals surface area contributed by atoms with E-state index in [9.17, 15) is 0 Å². The summed E-state index contributed by atoms with van der Waals surface area (Å²) in [6.45, 7) is -2.66. The zero-order chi connectivity index (χ0) is 14.5. The van der Waals surface area contributed by atoms with E-state index >= 15 is 0 Å². The standard InChI is InChI=1S/C9H8N2/c1-7-6-10-8-4-2-3-5-9(8)11-7/h2-6H,1H3/i1D3,2D,3D,4D,5D,6D. The second-order valence-corrected chi connectivity index (χ2v) is 1.88. The average molecular weight is 152 g/mol. The summed E-state index contributed by atoms with van der Waals surface area (Å²) in [5.74, 6) is 0. The Bertz CT molecular complexity index is 678. The third kappa shape index (κ3) is 1.07. The van der Waals surface area contributed by atoms with Crippen LogP contribution in [0.5, 0.6) is 0 Å². The Morgan fingerprint density at radius 1 is 1.36 bits per heavy atom. The fourth-order valence-electron chi connectivity index (χ4n) is 0.707. The van der Waals surface area contributed by atoms with Gasteiger partial charge in [0.25, 0.3) is 0 Å². The lowest BCUT2D eigenvalue weighted by atomic mass is 10.3. The first-order valence-electron chi connectivity index (χ1n) is 6.89. The summed E-state index contributed by atoms with van der Waals surface area (Å²) in [7, 11) is 0. The molecular formula is C9H8N2. The lowest BCUT2D eigenvalue weighted by Crippen LogP contribution is -1.85. The van der Waals surface area contributed by atoms with Crippen LogP contribution in [0, 0.1) is 6.85 Å². The Hall–Kier alpha value is -1.44. The summed E-state index contributed by atoms with van der Waals surface area (Å²) >= 11 is 0. The molecule has 1 heterocycles. The normalized spacial score (nSPS) is 21.8. The Kier molecular flexibility index (Phi) is 0.427. The highest BCUT2D eigenvalue weighted by molar-refractivity contribution is 5.73. The molecule has 0 atom stereocenters. The van der Waals surface area contributed by atoms with Crippen molar-refractivity contribution in [2.45, 2.75) is 6.85 Å². The van der Waals surface area contributed by atoms with Gasteiger partial charge in [-0.2, -0.15) is 0 Å². The first kappa shape index (κ1) is 2.03. The molecule has 54 valence electrons. The van der Waals surface area contributed by atoms with Crippen molar-refractivity contribution in [3.05, 3.63) is 36.0 Å². The molecule has 0 spiro atoms. The SMILES string of the molecule is [2H]c1nc2c([2H])c([2H])c([2H])c([2H])c2nc1C([2H])([2H])[2H]. The van der Waals surface area contributed by atoms with Gasteiger partial charge in [-0.3, -0.25) is 4.98 Å². The van der Waals surface area contributed by atoms with Gasteiger partial charge in [-0.1, -0.05) is 12.1 Å². The monoisotopic (exact) mass is 152 g/mol. The maximum absolute atomic E-state index is 7.66. The van der Waals surface area contributed by atoms with Gasteiger partial charge in [-0.25, -0.2) is 4.98 Å². The molecule has 0 fully saturated rings. The number of aryl methyl sites for hydroxylation is 1. The Morgan fingerprint density at radius 3 is 3.00 bits per heavy atom. The van der Waals surface area contributed by atoms with E-state index in [1.165, 1.54) is 0 Å². The van der Waals surface area contributed by atoms with Crippen molar-refractivity contribution < 1.29 is 11.0 Å². The van der Waals surface area contributed by atoms with Gasteiger partial charge in [0.05, 0.1) is 23.6 Å². The lowest BCUT2D eigenvalue weighted by molar-refractivity contribution is 1.19. The molecule has 0 aliphatic carbocycles. The van der Waals surface area contributed by atoms with E-state index in [2.05, 4.69) is 9.97 Å². The molecule has 11 heavy (non-hydrogen) atoms. The van der Waals surface area contributed by atoms with Crippen molar-refractivity contribution in [3.63, 3.8) is 0 Å². The van der Waals surface area contributed by atoms with Crippen LogP contribution in [0.25, 0.3) is 11.0 Å². The van der Waals surface area contributed by atoms with Crippen LogP contribution in [0.4, 0.5) is 0 Å². The molecule has 2 heteroatoms. The van der Waals surface area contributed by atoms with Crippen molar-refractivity contribution in [2.24, 2.45) is 0 Å². The third-order valence-corrected chi connectivity index (χ3v) is 1.15. The molecule has 0 saturated heterocycles. The summed E-state index contributed by atoms with van der Waals surface area (Å²) in [5, 5.41) is 0. The number of rotatable bonds is 0. The van der Waals surface area contributed by atoms with Gasteiger partial charge in [0.15, 0.2) is 0 Å². The van der Waals surface area contributed by atoms with E-state index in [0.717, 1.165) is 0 Å². The lowest BCUT2D eigenvalue weighted by Gasteiger charge is -1.95. The van der Waals surface area contributed by atoms with Gasteiger partial charge in [0, 0.05) is 10.3 Å². The van der Waals surface area contributed by atoms with E-state index in [0.29, 0.717) is 0 Å². The van der Waals surface area contributed by atoms with Crippen molar-refractivity contribution in [2.75, 3.05) is 0 Å². The molecule has 0 saturated carbocycles. The molecule has 0 unspecified atom stereocenters. The summed E-state index contributed by atoms with van der Waals surface area (Å²) in [4.78, 5) is 7.32. The number of fused-ring (bicyclic) bond motifs is 1. The number of benzene rings is 1. The molecule has 2 aromatic rings. The predicted octanol–water partition coefficient (Wildman–Crippen LogP) is 1.94. The van der Waals surface area contributed by atoms with E-state index in [-0.39, 0.29) is 11.0 Å². The maximum atomic E-state index is 7.66. The molecule has 0 aliphatic rings. The summed E-state index contributed by atoms with van der Waals surface area (Å²) in [6, 6.07) is -1.91. The summed E-state index contributed by atoms with van der Waals surface area (Å²) in [6.07, 6.45) is -0.613. The second kappa shape index (κ2) is 2.31. The highest BCUT2D eigenvalue weighted by Crippen LogP contribution is 2.06. The molecule has 0 aliphatic heterocycles. The molecule has 0 N–H and O–H groups in total. The molecule has 2 nitrogen and oxygen atoms in total. The number of nitrogens with zero attached hydrogens (tertiary/aromatic N) is 2. The zero-order valence-electron chi connectivity index (χ0n) is 13.4. The minimum absolute atomic E-state index is 0.205. The van der Waals surface area contributed by atoms with Gasteiger partial charge in [0.1, 0.15) is 0 Å². The van der Waals surface area contributed by atoms with Gasteiger partial charge < -0.3 is 0 Å². The quantitative estimate of drug-likeness (QED) is 0.576. The summed E-state index contributed by atoms with van der Waals surface area (Å²) in [5.41, 5.74) is -1.03. The molecule has 1 aromatic heterocycles. The van der Waals surface area contributed by atoms with Crippen LogP contribution >= 0.6 is 0 Å². The maximum Gasteiger partial charge on any atom is 0.0889 e. The molecule has 0 radical (unpaired) electrons. The minimum Gasteiger partial charge on any atom is -0.253 e. The number of hydrogen-bond acceptors (Lipinski definition) is 2. The molecule has 2 rings (SSSR count). The van der Waals surface area contributed by atoms with Crippen molar-refractivity contribution >= 4 is 11.0 Å². The van der Waals surface area contributed by atoms with Gasteiger partial charge >= 0.3 is 0 Å². The highest BCUT2D eigenvalue weighted by atomic mass is 14.8. The van der Waals surface area contributed by atoms with Crippen molar-refractivity contribution in [1.82, 2.24) is 9.97 Å². The van der Waals surface area contributed by atoms with Crippen LogP contribution in [-0.2, 0) is 0 Å². The van der Waals surface area contributed by atoms with Crippen molar-refractivity contribution in [1.29, 1.82) is 0 Å². The fourth-order valence-corrected chi connectivity index (χ4v) is 0.707. The van der Waals surface area contributed by atoms with Gasteiger partial charge in [-0.05, 0) is 18.9 Å². The molecular weight excluding hydrogens is 136 g/mol. The Morgan fingerprint density at radius 2 is 2.18 bits per heavy atom. The average Bonchev–Trinajstić information content (AvgIpc) is 2.31. The molecule has 0 amide bonds. The number of para-hydroxylation sites is 2. The summed E-state index contributed by atoms with van der Waals surface area (Å²) < 4.78 is 59.5. The van der Waals surface area contributed by atoms with Crippen LogP contribution in [-0.4, -0.2) is 9.97 Å². The fraction of sp³-hybridized carbons (Fsp3) is 0.111. The van der Waals surface area contributed by atoms with Crippen LogP contribution in [0.3, 0.4) is 0 Å². The molecule has 0 bridgehead atoms.